The van der Waals surface area contributed by atoms with Crippen LogP contribution in [0.15, 0.2) is 24.4 Å². The van der Waals surface area contributed by atoms with Crippen molar-refractivity contribution in [2.45, 2.75) is 31.8 Å². The minimum atomic E-state index is -0.508. The first-order chi connectivity index (χ1) is 12.1. The van der Waals surface area contributed by atoms with Gasteiger partial charge in [-0.05, 0) is 31.9 Å². The van der Waals surface area contributed by atoms with E-state index in [2.05, 4.69) is 31.4 Å². The number of aromatic nitrogens is 4. The molecule has 1 saturated carbocycles. The summed E-state index contributed by atoms with van der Waals surface area (Å²) in [6.45, 7) is 1.74. The second-order valence-electron chi connectivity index (χ2n) is 6.09. The van der Waals surface area contributed by atoms with Crippen molar-refractivity contribution in [3.8, 4) is 23.0 Å². The Morgan fingerprint density at radius 1 is 1.44 bits per heavy atom. The molecule has 3 aromatic heterocycles. The lowest BCUT2D eigenvalue weighted by atomic mass is 10.3. The quantitative estimate of drug-likeness (QED) is 0.612. The Labute approximate surface area is 149 Å². The fourth-order valence-electron chi connectivity index (χ4n) is 2.52. The molecule has 0 saturated heterocycles. The van der Waals surface area contributed by atoms with Crippen molar-refractivity contribution in [3.63, 3.8) is 0 Å². The molecule has 1 aliphatic carbocycles. The van der Waals surface area contributed by atoms with Crippen LogP contribution in [0.1, 0.15) is 47.9 Å². The molecule has 3 heterocycles. The standard InChI is InChI=1S/C18H17N5OS/c1-3-11-9-19-18(15-7-6-14(25-15)10(2)24)21-17(11)20-16-8-13(22-23-16)12-4-5-12/h1,6-10,12,24H,4-5H2,2H3,(H2,19,20,21,22,23)/t10-/m0/s1. The highest BCUT2D eigenvalue weighted by molar-refractivity contribution is 7.15. The Morgan fingerprint density at radius 3 is 2.96 bits per heavy atom. The molecular formula is C18H17N5OS. The van der Waals surface area contributed by atoms with E-state index in [-0.39, 0.29) is 0 Å². The number of anilines is 2. The Hall–Kier alpha value is -2.69. The summed E-state index contributed by atoms with van der Waals surface area (Å²) in [7, 11) is 0. The molecule has 0 bridgehead atoms. The molecule has 1 fully saturated rings. The Balaban J connectivity index is 1.64. The summed E-state index contributed by atoms with van der Waals surface area (Å²) in [5, 5.41) is 20.2. The van der Waals surface area contributed by atoms with Gasteiger partial charge in [0.05, 0.1) is 16.5 Å². The summed E-state index contributed by atoms with van der Waals surface area (Å²) < 4.78 is 0. The monoisotopic (exact) mass is 351 g/mol. The lowest BCUT2D eigenvalue weighted by Crippen LogP contribution is -2.00. The fourth-order valence-corrected chi connectivity index (χ4v) is 3.41. The lowest BCUT2D eigenvalue weighted by Gasteiger charge is -2.06. The number of hydrogen-bond acceptors (Lipinski definition) is 6. The highest BCUT2D eigenvalue weighted by atomic mass is 32.1. The van der Waals surface area contributed by atoms with E-state index >= 15 is 0 Å². The average Bonchev–Trinajstić information content (AvgIpc) is 3.15. The number of hydrogen-bond donors (Lipinski definition) is 3. The molecular weight excluding hydrogens is 334 g/mol. The summed E-state index contributed by atoms with van der Waals surface area (Å²) in [6.07, 6.45) is 9.10. The van der Waals surface area contributed by atoms with Crippen LogP contribution in [0.4, 0.5) is 11.6 Å². The molecule has 1 atom stereocenters. The van der Waals surface area contributed by atoms with Gasteiger partial charge in [0, 0.05) is 28.8 Å². The Morgan fingerprint density at radius 2 is 2.28 bits per heavy atom. The van der Waals surface area contributed by atoms with Crippen LogP contribution in [0.5, 0.6) is 0 Å². The van der Waals surface area contributed by atoms with E-state index in [9.17, 15) is 5.11 Å². The highest BCUT2D eigenvalue weighted by Crippen LogP contribution is 2.39. The van der Waals surface area contributed by atoms with Crippen LogP contribution in [-0.2, 0) is 0 Å². The van der Waals surface area contributed by atoms with Crippen molar-refractivity contribution < 1.29 is 5.11 Å². The fraction of sp³-hybridized carbons (Fsp3) is 0.278. The van der Waals surface area contributed by atoms with Gasteiger partial charge in [-0.3, -0.25) is 5.10 Å². The van der Waals surface area contributed by atoms with E-state index in [0.29, 0.717) is 28.9 Å². The van der Waals surface area contributed by atoms with Gasteiger partial charge in [-0.1, -0.05) is 5.92 Å². The van der Waals surface area contributed by atoms with Crippen molar-refractivity contribution in [2.75, 3.05) is 5.32 Å². The van der Waals surface area contributed by atoms with Crippen LogP contribution >= 0.6 is 11.3 Å². The normalized spacial score (nSPS) is 14.9. The summed E-state index contributed by atoms with van der Waals surface area (Å²) >= 11 is 1.46. The number of nitrogens with one attached hydrogen (secondary N) is 2. The Kier molecular flexibility index (Phi) is 3.99. The van der Waals surface area contributed by atoms with E-state index < -0.39 is 6.10 Å². The van der Waals surface area contributed by atoms with Gasteiger partial charge in [0.2, 0.25) is 0 Å². The molecule has 4 rings (SSSR count). The van der Waals surface area contributed by atoms with E-state index in [1.807, 2.05) is 18.2 Å². The van der Waals surface area contributed by atoms with Crippen LogP contribution in [0.2, 0.25) is 0 Å². The number of aliphatic hydroxyl groups excluding tert-OH is 1. The third kappa shape index (κ3) is 3.27. The minimum Gasteiger partial charge on any atom is -0.388 e. The first-order valence-electron chi connectivity index (χ1n) is 8.08. The number of aliphatic hydroxyl groups is 1. The van der Waals surface area contributed by atoms with Crippen LogP contribution in [-0.4, -0.2) is 25.3 Å². The second kappa shape index (κ2) is 6.31. The third-order valence-corrected chi connectivity index (χ3v) is 5.32. The van der Waals surface area contributed by atoms with Gasteiger partial charge in [0.1, 0.15) is 0 Å². The molecule has 0 aliphatic heterocycles. The largest absolute Gasteiger partial charge is 0.388 e. The van der Waals surface area contributed by atoms with Crippen molar-refractivity contribution >= 4 is 23.0 Å². The molecule has 25 heavy (non-hydrogen) atoms. The van der Waals surface area contributed by atoms with Crippen LogP contribution in [0, 0.1) is 12.3 Å². The van der Waals surface area contributed by atoms with Crippen molar-refractivity contribution in [1.82, 2.24) is 20.2 Å². The number of thiophene rings is 1. The number of rotatable bonds is 5. The summed E-state index contributed by atoms with van der Waals surface area (Å²) in [4.78, 5) is 10.7. The van der Waals surface area contributed by atoms with Gasteiger partial charge in [-0.2, -0.15) is 5.10 Å². The maximum absolute atomic E-state index is 9.69. The topological polar surface area (TPSA) is 86.7 Å². The molecule has 126 valence electrons. The number of H-pyrrole nitrogens is 1. The van der Waals surface area contributed by atoms with Gasteiger partial charge in [-0.25, -0.2) is 9.97 Å². The zero-order valence-electron chi connectivity index (χ0n) is 13.7. The lowest BCUT2D eigenvalue weighted by molar-refractivity contribution is 0.203. The molecule has 6 nitrogen and oxygen atoms in total. The first kappa shape index (κ1) is 15.8. The second-order valence-corrected chi connectivity index (χ2v) is 7.20. The molecule has 1 aliphatic rings. The number of terminal acetylenes is 1. The average molecular weight is 351 g/mol. The summed E-state index contributed by atoms with van der Waals surface area (Å²) in [5.74, 6) is 5.00. The molecule has 0 radical (unpaired) electrons. The maximum Gasteiger partial charge on any atom is 0.171 e. The van der Waals surface area contributed by atoms with Gasteiger partial charge in [0.25, 0.3) is 0 Å². The van der Waals surface area contributed by atoms with Crippen LogP contribution < -0.4 is 5.32 Å². The van der Waals surface area contributed by atoms with Crippen LogP contribution in [0.3, 0.4) is 0 Å². The zero-order valence-corrected chi connectivity index (χ0v) is 14.5. The van der Waals surface area contributed by atoms with E-state index in [1.54, 1.807) is 13.1 Å². The van der Waals surface area contributed by atoms with Crippen molar-refractivity contribution in [2.24, 2.45) is 0 Å². The molecule has 3 aromatic rings. The maximum atomic E-state index is 9.69. The third-order valence-electron chi connectivity index (χ3n) is 4.06. The summed E-state index contributed by atoms with van der Waals surface area (Å²) in [6, 6.07) is 5.78. The highest BCUT2D eigenvalue weighted by Gasteiger charge is 2.25. The van der Waals surface area contributed by atoms with Crippen LogP contribution in [0.25, 0.3) is 10.7 Å². The van der Waals surface area contributed by atoms with E-state index in [1.165, 1.54) is 24.2 Å². The Bertz CT molecular complexity index is 949. The molecule has 0 amide bonds. The zero-order chi connectivity index (χ0) is 17.4. The first-order valence-corrected chi connectivity index (χ1v) is 8.90. The van der Waals surface area contributed by atoms with Crippen molar-refractivity contribution in [1.29, 1.82) is 0 Å². The van der Waals surface area contributed by atoms with E-state index in [4.69, 9.17) is 6.42 Å². The van der Waals surface area contributed by atoms with Gasteiger partial charge < -0.3 is 10.4 Å². The minimum absolute atomic E-state index is 0.508. The summed E-state index contributed by atoms with van der Waals surface area (Å²) in [5.41, 5.74) is 1.71. The van der Waals surface area contributed by atoms with Gasteiger partial charge >= 0.3 is 0 Å². The van der Waals surface area contributed by atoms with Crippen molar-refractivity contribution in [3.05, 3.63) is 40.5 Å². The molecule has 0 aromatic carbocycles. The SMILES string of the molecule is C#Cc1cnc(-c2ccc([C@H](C)O)s2)nc1Nc1cc(C2CC2)[nH]n1. The smallest absolute Gasteiger partial charge is 0.171 e. The van der Waals surface area contributed by atoms with E-state index in [0.717, 1.165) is 15.4 Å². The number of nitrogens with zero attached hydrogens (tertiary/aromatic N) is 3. The molecule has 0 unspecified atom stereocenters. The molecule has 7 heteroatoms. The number of aromatic amines is 1. The molecule has 3 N–H and O–H groups in total. The van der Waals surface area contributed by atoms with Gasteiger partial charge in [0.15, 0.2) is 17.5 Å². The van der Waals surface area contributed by atoms with Gasteiger partial charge in [-0.15, -0.1) is 17.8 Å². The molecule has 0 spiro atoms. The predicted molar refractivity (Wildman–Crippen MR) is 97.8 cm³/mol. The predicted octanol–water partition coefficient (Wildman–Crippen LogP) is 3.58.